The summed E-state index contributed by atoms with van der Waals surface area (Å²) in [7, 11) is 1.31. The number of carbonyl (C=O) groups is 3. The Bertz CT molecular complexity index is 591. The normalized spacial score (nSPS) is 14.2. The summed E-state index contributed by atoms with van der Waals surface area (Å²) >= 11 is 0. The van der Waals surface area contributed by atoms with Gasteiger partial charge in [-0.3, -0.25) is 19.4 Å². The maximum absolute atomic E-state index is 12.7. The zero-order valence-corrected chi connectivity index (χ0v) is 13.6. The van der Waals surface area contributed by atoms with E-state index < -0.39 is 0 Å². The molecule has 0 radical (unpaired) electrons. The van der Waals surface area contributed by atoms with Crippen molar-refractivity contribution in [3.63, 3.8) is 0 Å². The number of aryl methyl sites for hydroxylation is 2. The molecule has 1 aliphatic heterocycles. The molecule has 0 spiro atoms. The van der Waals surface area contributed by atoms with Crippen molar-refractivity contribution in [2.45, 2.75) is 39.5 Å². The van der Waals surface area contributed by atoms with E-state index in [1.807, 2.05) is 0 Å². The van der Waals surface area contributed by atoms with Gasteiger partial charge in [0.25, 0.3) is 5.91 Å². The summed E-state index contributed by atoms with van der Waals surface area (Å²) in [5.74, 6) is -0.355. The lowest BCUT2D eigenvalue weighted by molar-refractivity contribution is -0.142. The molecule has 0 saturated carbocycles. The molecule has 2 amide bonds. The minimum Gasteiger partial charge on any atom is -0.469 e. The fourth-order valence-corrected chi connectivity index (χ4v) is 2.61. The topological polar surface area (TPSA) is 93.0 Å². The average Bonchev–Trinajstić information content (AvgIpc) is 3.13. The summed E-state index contributed by atoms with van der Waals surface area (Å²) in [6.45, 7) is 4.34. The molecule has 0 aliphatic carbocycles. The maximum atomic E-state index is 12.7. The van der Waals surface area contributed by atoms with Gasteiger partial charge in [-0.25, -0.2) is 5.01 Å². The van der Waals surface area contributed by atoms with Gasteiger partial charge in [0.05, 0.1) is 12.8 Å². The number of hydrazine groups is 1. The quantitative estimate of drug-likeness (QED) is 0.757. The van der Waals surface area contributed by atoms with E-state index in [0.29, 0.717) is 36.5 Å². The lowest BCUT2D eigenvalue weighted by atomic mass is 10.2. The van der Waals surface area contributed by atoms with Gasteiger partial charge in [-0.1, -0.05) is 5.16 Å². The van der Waals surface area contributed by atoms with E-state index in [1.165, 1.54) is 17.1 Å². The van der Waals surface area contributed by atoms with Crippen LogP contribution in [-0.4, -0.2) is 53.2 Å². The Balaban J connectivity index is 2.01. The standard InChI is InChI=1S/C15H21N3O5/c1-10-14(11(2)23-16-10)15(21)18-9-5-8-17(18)12(19)6-4-7-13(20)22-3/h4-9H2,1-3H3. The molecule has 126 valence electrons. The largest absolute Gasteiger partial charge is 0.469 e. The predicted octanol–water partition coefficient (Wildman–Crippen LogP) is 1.22. The Morgan fingerprint density at radius 1 is 1.17 bits per heavy atom. The van der Waals surface area contributed by atoms with Gasteiger partial charge in [0.2, 0.25) is 5.91 Å². The number of hydrogen-bond donors (Lipinski definition) is 0. The van der Waals surface area contributed by atoms with Crippen LogP contribution in [-0.2, 0) is 14.3 Å². The molecule has 2 rings (SSSR count). The van der Waals surface area contributed by atoms with E-state index in [1.54, 1.807) is 13.8 Å². The summed E-state index contributed by atoms with van der Waals surface area (Å²) in [6.07, 6.45) is 1.50. The first-order chi connectivity index (χ1) is 11.0. The van der Waals surface area contributed by atoms with Crippen molar-refractivity contribution in [2.24, 2.45) is 0 Å². The van der Waals surface area contributed by atoms with Gasteiger partial charge < -0.3 is 9.26 Å². The van der Waals surface area contributed by atoms with Gasteiger partial charge in [0, 0.05) is 25.9 Å². The van der Waals surface area contributed by atoms with Crippen LogP contribution in [0.3, 0.4) is 0 Å². The molecule has 1 aromatic rings. The Hall–Kier alpha value is -2.38. The van der Waals surface area contributed by atoms with Crippen LogP contribution < -0.4 is 0 Å². The molecule has 1 fully saturated rings. The molecule has 0 unspecified atom stereocenters. The van der Waals surface area contributed by atoms with E-state index in [-0.39, 0.29) is 30.6 Å². The zero-order valence-electron chi connectivity index (χ0n) is 13.6. The van der Waals surface area contributed by atoms with E-state index >= 15 is 0 Å². The van der Waals surface area contributed by atoms with Gasteiger partial charge in [-0.15, -0.1) is 0 Å². The Morgan fingerprint density at radius 3 is 2.48 bits per heavy atom. The van der Waals surface area contributed by atoms with Crippen LogP contribution >= 0.6 is 0 Å². The van der Waals surface area contributed by atoms with Crippen molar-refractivity contribution in [2.75, 3.05) is 20.2 Å². The lowest BCUT2D eigenvalue weighted by Gasteiger charge is -2.27. The molecule has 1 aromatic heterocycles. The molecule has 0 bridgehead atoms. The Kier molecular flexibility index (Phi) is 5.36. The second kappa shape index (κ2) is 7.26. The zero-order chi connectivity index (χ0) is 17.0. The third-order valence-electron chi connectivity index (χ3n) is 3.80. The van der Waals surface area contributed by atoms with Gasteiger partial charge >= 0.3 is 5.97 Å². The molecule has 8 heteroatoms. The van der Waals surface area contributed by atoms with Crippen molar-refractivity contribution in [1.82, 2.24) is 15.2 Å². The second-order valence-corrected chi connectivity index (χ2v) is 5.43. The van der Waals surface area contributed by atoms with Crippen LogP contribution in [0, 0.1) is 13.8 Å². The highest BCUT2D eigenvalue weighted by Crippen LogP contribution is 2.21. The van der Waals surface area contributed by atoms with E-state index in [0.717, 1.165) is 6.42 Å². The maximum Gasteiger partial charge on any atom is 0.305 e. The van der Waals surface area contributed by atoms with Crippen LogP contribution in [0.25, 0.3) is 0 Å². The molecule has 1 aliphatic rings. The number of ether oxygens (including phenoxy) is 1. The van der Waals surface area contributed by atoms with Crippen LogP contribution in [0.4, 0.5) is 0 Å². The number of methoxy groups -OCH3 is 1. The first-order valence-electron chi connectivity index (χ1n) is 7.57. The van der Waals surface area contributed by atoms with Crippen LogP contribution in [0.5, 0.6) is 0 Å². The summed E-state index contributed by atoms with van der Waals surface area (Å²) in [6, 6.07) is 0. The Morgan fingerprint density at radius 2 is 1.87 bits per heavy atom. The molecule has 0 atom stereocenters. The van der Waals surface area contributed by atoms with Crippen LogP contribution in [0.2, 0.25) is 0 Å². The fourth-order valence-electron chi connectivity index (χ4n) is 2.61. The molecule has 23 heavy (non-hydrogen) atoms. The van der Waals surface area contributed by atoms with Gasteiger partial charge in [-0.2, -0.15) is 0 Å². The minimum atomic E-state index is -0.345. The first-order valence-corrected chi connectivity index (χ1v) is 7.57. The monoisotopic (exact) mass is 323 g/mol. The number of rotatable bonds is 5. The van der Waals surface area contributed by atoms with Gasteiger partial charge in [0.15, 0.2) is 0 Å². The smallest absolute Gasteiger partial charge is 0.305 e. The van der Waals surface area contributed by atoms with Crippen molar-refractivity contribution < 1.29 is 23.6 Å². The molecule has 1 saturated heterocycles. The highest BCUT2D eigenvalue weighted by molar-refractivity contribution is 5.97. The predicted molar refractivity (Wildman–Crippen MR) is 79.2 cm³/mol. The highest BCUT2D eigenvalue weighted by Gasteiger charge is 2.33. The van der Waals surface area contributed by atoms with E-state index in [9.17, 15) is 14.4 Å². The first kappa shape index (κ1) is 17.0. The number of aromatic nitrogens is 1. The number of nitrogens with zero attached hydrogens (tertiary/aromatic N) is 3. The Labute approximate surface area is 134 Å². The average molecular weight is 323 g/mol. The number of amides is 2. The molecule has 0 aromatic carbocycles. The third kappa shape index (κ3) is 3.69. The lowest BCUT2D eigenvalue weighted by Crippen LogP contribution is -2.45. The second-order valence-electron chi connectivity index (χ2n) is 5.43. The minimum absolute atomic E-state index is 0.175. The summed E-state index contributed by atoms with van der Waals surface area (Å²) in [5.41, 5.74) is 0.914. The summed E-state index contributed by atoms with van der Waals surface area (Å²) in [4.78, 5) is 36.0. The molecule has 8 nitrogen and oxygen atoms in total. The molecular weight excluding hydrogens is 302 g/mol. The SMILES string of the molecule is COC(=O)CCCC(=O)N1CCCN1C(=O)c1c(C)noc1C. The summed E-state index contributed by atoms with van der Waals surface area (Å²) < 4.78 is 9.57. The van der Waals surface area contributed by atoms with Crippen molar-refractivity contribution in [3.05, 3.63) is 17.0 Å². The van der Waals surface area contributed by atoms with Crippen molar-refractivity contribution >= 4 is 17.8 Å². The van der Waals surface area contributed by atoms with Gasteiger partial charge in [-0.05, 0) is 26.7 Å². The van der Waals surface area contributed by atoms with Crippen LogP contribution in [0.1, 0.15) is 47.5 Å². The number of hydrogen-bond acceptors (Lipinski definition) is 6. The highest BCUT2D eigenvalue weighted by atomic mass is 16.5. The fraction of sp³-hybridized carbons (Fsp3) is 0.600. The van der Waals surface area contributed by atoms with Gasteiger partial charge in [0.1, 0.15) is 11.3 Å². The van der Waals surface area contributed by atoms with Crippen molar-refractivity contribution in [1.29, 1.82) is 0 Å². The summed E-state index contributed by atoms with van der Waals surface area (Å²) in [5, 5.41) is 6.67. The number of esters is 1. The van der Waals surface area contributed by atoms with Crippen LogP contribution in [0.15, 0.2) is 4.52 Å². The molecule has 0 N–H and O–H groups in total. The molecular formula is C15H21N3O5. The van der Waals surface area contributed by atoms with E-state index in [4.69, 9.17) is 4.52 Å². The third-order valence-corrected chi connectivity index (χ3v) is 3.80. The van der Waals surface area contributed by atoms with E-state index in [2.05, 4.69) is 9.89 Å². The van der Waals surface area contributed by atoms with Crippen molar-refractivity contribution in [3.8, 4) is 0 Å². The molecule has 2 heterocycles. The number of carbonyl (C=O) groups excluding carboxylic acids is 3.